The van der Waals surface area contributed by atoms with E-state index in [0.29, 0.717) is 6.10 Å². The van der Waals surface area contributed by atoms with Crippen molar-refractivity contribution in [2.24, 2.45) is 7.05 Å². The van der Waals surface area contributed by atoms with Gasteiger partial charge in [0.15, 0.2) is 5.82 Å². The zero-order chi connectivity index (χ0) is 10.5. The lowest BCUT2D eigenvalue weighted by molar-refractivity contribution is 0.104. The molecule has 1 fully saturated rings. The van der Waals surface area contributed by atoms with E-state index in [9.17, 15) is 0 Å². The molecule has 1 aromatic rings. The van der Waals surface area contributed by atoms with Gasteiger partial charge in [-0.25, -0.2) is 4.98 Å². The van der Waals surface area contributed by atoms with Crippen molar-refractivity contribution in [3.63, 3.8) is 0 Å². The Balaban J connectivity index is 1.58. The summed E-state index contributed by atoms with van der Waals surface area (Å²) >= 11 is 0. The molecule has 1 unspecified atom stereocenters. The number of hydrogen-bond donors (Lipinski definition) is 1. The monoisotopic (exact) mass is 210 g/mol. The lowest BCUT2D eigenvalue weighted by Gasteiger charge is -2.08. The Morgan fingerprint density at radius 2 is 2.60 bits per heavy atom. The van der Waals surface area contributed by atoms with Gasteiger partial charge in [0.1, 0.15) is 6.33 Å². The minimum atomic E-state index is 0.467. The van der Waals surface area contributed by atoms with Gasteiger partial charge in [-0.2, -0.15) is 5.10 Å². The van der Waals surface area contributed by atoms with Crippen LogP contribution in [0.5, 0.6) is 0 Å². The van der Waals surface area contributed by atoms with Crippen LogP contribution in [0.4, 0.5) is 0 Å². The third kappa shape index (κ3) is 3.28. The number of nitrogens with zero attached hydrogens (tertiary/aromatic N) is 3. The predicted octanol–water partition coefficient (Wildman–Crippen LogP) is 0.474. The van der Waals surface area contributed by atoms with Gasteiger partial charge >= 0.3 is 0 Å². The number of ether oxygens (including phenoxy) is 1. The van der Waals surface area contributed by atoms with Crippen LogP contribution in [0.25, 0.3) is 0 Å². The van der Waals surface area contributed by atoms with Gasteiger partial charge in [-0.05, 0) is 25.8 Å². The van der Waals surface area contributed by atoms with Crippen LogP contribution in [0.15, 0.2) is 6.33 Å². The molecule has 0 bridgehead atoms. The Labute approximate surface area is 89.8 Å². The highest BCUT2D eigenvalue weighted by Crippen LogP contribution is 2.14. The molecule has 15 heavy (non-hydrogen) atoms. The SMILES string of the molecule is Cn1cnc(CNCCC2CCCO2)n1. The molecule has 2 rings (SSSR count). The molecule has 5 nitrogen and oxygen atoms in total. The molecule has 1 saturated heterocycles. The molecule has 1 aliphatic heterocycles. The molecule has 0 aromatic carbocycles. The maximum absolute atomic E-state index is 5.53. The second kappa shape index (κ2) is 5.23. The average Bonchev–Trinajstić information content (AvgIpc) is 2.84. The highest BCUT2D eigenvalue weighted by molar-refractivity contribution is 4.80. The number of hydrogen-bond acceptors (Lipinski definition) is 4. The fourth-order valence-electron chi connectivity index (χ4n) is 1.80. The summed E-state index contributed by atoms with van der Waals surface area (Å²) in [5.41, 5.74) is 0. The van der Waals surface area contributed by atoms with Crippen LogP contribution in [0.3, 0.4) is 0 Å². The fraction of sp³-hybridized carbons (Fsp3) is 0.800. The van der Waals surface area contributed by atoms with Crippen LogP contribution in [-0.2, 0) is 18.3 Å². The Kier molecular flexibility index (Phi) is 3.69. The molecule has 1 aromatic heterocycles. The summed E-state index contributed by atoms with van der Waals surface area (Å²) in [6, 6.07) is 0. The molecule has 5 heteroatoms. The van der Waals surface area contributed by atoms with Crippen LogP contribution in [0.1, 0.15) is 25.1 Å². The highest BCUT2D eigenvalue weighted by atomic mass is 16.5. The summed E-state index contributed by atoms with van der Waals surface area (Å²) < 4.78 is 7.25. The Morgan fingerprint density at radius 3 is 3.27 bits per heavy atom. The normalized spacial score (nSPS) is 21.0. The van der Waals surface area contributed by atoms with Crippen molar-refractivity contribution < 1.29 is 4.74 Å². The maximum atomic E-state index is 5.53. The summed E-state index contributed by atoms with van der Waals surface area (Å²) in [6.07, 6.45) is 5.70. The third-order valence-electron chi connectivity index (χ3n) is 2.60. The van der Waals surface area contributed by atoms with E-state index in [2.05, 4.69) is 15.4 Å². The van der Waals surface area contributed by atoms with E-state index in [1.54, 1.807) is 11.0 Å². The van der Waals surface area contributed by atoms with Gasteiger partial charge in [0.25, 0.3) is 0 Å². The molecule has 84 valence electrons. The van der Waals surface area contributed by atoms with Crippen molar-refractivity contribution in [3.8, 4) is 0 Å². The molecule has 1 atom stereocenters. The van der Waals surface area contributed by atoms with Crippen molar-refractivity contribution in [1.82, 2.24) is 20.1 Å². The number of rotatable bonds is 5. The zero-order valence-electron chi connectivity index (χ0n) is 9.15. The van der Waals surface area contributed by atoms with E-state index in [0.717, 1.165) is 31.9 Å². The van der Waals surface area contributed by atoms with Crippen molar-refractivity contribution in [2.75, 3.05) is 13.2 Å². The van der Waals surface area contributed by atoms with Gasteiger partial charge in [-0.15, -0.1) is 0 Å². The maximum Gasteiger partial charge on any atom is 0.164 e. The second-order valence-electron chi connectivity index (χ2n) is 3.93. The minimum absolute atomic E-state index is 0.467. The van der Waals surface area contributed by atoms with E-state index in [1.807, 2.05) is 7.05 Å². The Morgan fingerprint density at radius 1 is 1.67 bits per heavy atom. The van der Waals surface area contributed by atoms with Crippen LogP contribution in [0.2, 0.25) is 0 Å². The van der Waals surface area contributed by atoms with Crippen LogP contribution >= 0.6 is 0 Å². The first kappa shape index (κ1) is 10.6. The summed E-state index contributed by atoms with van der Waals surface area (Å²) in [4.78, 5) is 4.14. The molecule has 1 N–H and O–H groups in total. The average molecular weight is 210 g/mol. The van der Waals surface area contributed by atoms with Gasteiger partial charge in [0.2, 0.25) is 0 Å². The van der Waals surface area contributed by atoms with E-state index >= 15 is 0 Å². The lowest BCUT2D eigenvalue weighted by Crippen LogP contribution is -2.20. The number of aryl methyl sites for hydroxylation is 1. The van der Waals surface area contributed by atoms with Crippen LogP contribution < -0.4 is 5.32 Å². The quantitative estimate of drug-likeness (QED) is 0.718. The van der Waals surface area contributed by atoms with Crippen molar-refractivity contribution in [1.29, 1.82) is 0 Å². The first-order valence-corrected chi connectivity index (χ1v) is 5.51. The molecule has 0 amide bonds. The summed E-state index contributed by atoms with van der Waals surface area (Å²) in [7, 11) is 1.88. The molecular formula is C10H18N4O. The molecule has 0 radical (unpaired) electrons. The smallest absolute Gasteiger partial charge is 0.164 e. The van der Waals surface area contributed by atoms with E-state index in [1.165, 1.54) is 12.8 Å². The van der Waals surface area contributed by atoms with Crippen LogP contribution in [-0.4, -0.2) is 34.0 Å². The van der Waals surface area contributed by atoms with Gasteiger partial charge in [-0.3, -0.25) is 4.68 Å². The van der Waals surface area contributed by atoms with Crippen molar-refractivity contribution >= 4 is 0 Å². The summed E-state index contributed by atoms with van der Waals surface area (Å²) in [5.74, 6) is 0.852. The van der Waals surface area contributed by atoms with E-state index in [-0.39, 0.29) is 0 Å². The third-order valence-corrected chi connectivity index (χ3v) is 2.60. The topological polar surface area (TPSA) is 52.0 Å². The Hall–Kier alpha value is -0.940. The first-order chi connectivity index (χ1) is 7.34. The molecule has 0 aliphatic carbocycles. The predicted molar refractivity (Wildman–Crippen MR) is 56.3 cm³/mol. The van der Waals surface area contributed by atoms with Gasteiger partial charge in [-0.1, -0.05) is 0 Å². The molecule has 2 heterocycles. The van der Waals surface area contributed by atoms with Crippen molar-refractivity contribution in [3.05, 3.63) is 12.2 Å². The Bertz CT molecular complexity index is 293. The second-order valence-corrected chi connectivity index (χ2v) is 3.93. The summed E-state index contributed by atoms with van der Waals surface area (Å²) in [5, 5.41) is 7.52. The molecular weight excluding hydrogens is 192 g/mol. The minimum Gasteiger partial charge on any atom is -0.378 e. The van der Waals surface area contributed by atoms with E-state index in [4.69, 9.17) is 4.74 Å². The first-order valence-electron chi connectivity index (χ1n) is 5.51. The highest BCUT2D eigenvalue weighted by Gasteiger charge is 2.14. The summed E-state index contributed by atoms with van der Waals surface area (Å²) in [6.45, 7) is 2.66. The van der Waals surface area contributed by atoms with Gasteiger partial charge < -0.3 is 10.1 Å². The standard InChI is InChI=1S/C10H18N4O/c1-14-8-12-10(13-14)7-11-5-4-9-3-2-6-15-9/h8-9,11H,2-7H2,1H3. The van der Waals surface area contributed by atoms with Gasteiger partial charge in [0, 0.05) is 13.7 Å². The van der Waals surface area contributed by atoms with Crippen LogP contribution in [0, 0.1) is 0 Å². The largest absolute Gasteiger partial charge is 0.378 e. The fourth-order valence-corrected chi connectivity index (χ4v) is 1.80. The molecule has 0 saturated carbocycles. The van der Waals surface area contributed by atoms with Crippen molar-refractivity contribution in [2.45, 2.75) is 31.9 Å². The molecule has 0 spiro atoms. The number of aromatic nitrogens is 3. The molecule has 1 aliphatic rings. The zero-order valence-corrected chi connectivity index (χ0v) is 9.15. The van der Waals surface area contributed by atoms with Gasteiger partial charge in [0.05, 0.1) is 12.6 Å². The lowest BCUT2D eigenvalue weighted by atomic mass is 10.2. The van der Waals surface area contributed by atoms with E-state index < -0.39 is 0 Å². The number of nitrogens with one attached hydrogen (secondary N) is 1.